The van der Waals surface area contributed by atoms with E-state index in [1.54, 1.807) is 0 Å². The first-order valence-electron chi connectivity index (χ1n) is 7.72. The molecule has 0 spiro atoms. The number of nitrogens with zero attached hydrogens (tertiary/aromatic N) is 2. The Morgan fingerprint density at radius 2 is 1.68 bits per heavy atom. The van der Waals surface area contributed by atoms with Crippen LogP contribution < -0.4 is 0 Å². The highest BCUT2D eigenvalue weighted by molar-refractivity contribution is 5.80. The van der Waals surface area contributed by atoms with Gasteiger partial charge in [-0.05, 0) is 40.5 Å². The van der Waals surface area contributed by atoms with Crippen LogP contribution >= 0.6 is 0 Å². The molecule has 2 heterocycles. The number of carboxylic acids is 1. The van der Waals surface area contributed by atoms with Crippen molar-refractivity contribution < 1.29 is 24.6 Å². The second-order valence-electron chi connectivity index (χ2n) is 7.52. The van der Waals surface area contributed by atoms with Crippen molar-refractivity contribution in [3.05, 3.63) is 0 Å². The molecule has 2 aliphatic rings. The number of hydroxylamine groups is 2. The van der Waals surface area contributed by atoms with Gasteiger partial charge in [0, 0.05) is 30.5 Å². The van der Waals surface area contributed by atoms with E-state index in [-0.39, 0.29) is 6.10 Å². The molecule has 1 amide bonds. The van der Waals surface area contributed by atoms with Gasteiger partial charge in [-0.25, -0.2) is 9.59 Å². The summed E-state index contributed by atoms with van der Waals surface area (Å²) in [5.41, 5.74) is -1.24. The van der Waals surface area contributed by atoms with E-state index < -0.39 is 29.2 Å². The van der Waals surface area contributed by atoms with Crippen molar-refractivity contribution in [3.8, 4) is 0 Å². The summed E-state index contributed by atoms with van der Waals surface area (Å²) in [6, 6.07) is -0.798. The topological polar surface area (TPSA) is 90.0 Å². The van der Waals surface area contributed by atoms with Gasteiger partial charge >= 0.3 is 12.1 Å². The second kappa shape index (κ2) is 5.70. The van der Waals surface area contributed by atoms with Crippen LogP contribution in [-0.4, -0.2) is 56.9 Å². The van der Waals surface area contributed by atoms with Gasteiger partial charge in [0.1, 0.15) is 12.1 Å². The number of ether oxygens (including phenoxy) is 1. The normalized spacial score (nSPS) is 28.6. The Morgan fingerprint density at radius 1 is 1.14 bits per heavy atom. The fourth-order valence-electron chi connectivity index (χ4n) is 3.71. The molecule has 7 heteroatoms. The lowest BCUT2D eigenvalue weighted by Crippen LogP contribution is -2.60. The van der Waals surface area contributed by atoms with Gasteiger partial charge in [-0.3, -0.25) is 4.90 Å². The summed E-state index contributed by atoms with van der Waals surface area (Å²) in [4.78, 5) is 24.7. The van der Waals surface area contributed by atoms with Crippen LogP contribution in [0, 0.1) is 0 Å². The summed E-state index contributed by atoms with van der Waals surface area (Å²) in [6.07, 6.45) is 1.05. The van der Waals surface area contributed by atoms with Crippen molar-refractivity contribution in [2.45, 2.75) is 76.6 Å². The Morgan fingerprint density at radius 3 is 2.18 bits per heavy atom. The van der Waals surface area contributed by atoms with E-state index in [0.717, 1.165) is 5.06 Å². The fraction of sp³-hybridized carbons (Fsp3) is 0.867. The average Bonchev–Trinajstić information content (AvgIpc) is 2.84. The lowest BCUT2D eigenvalue weighted by molar-refractivity contribution is -0.298. The summed E-state index contributed by atoms with van der Waals surface area (Å²) in [5.74, 6) is -0.996. The molecule has 0 saturated carbocycles. The van der Waals surface area contributed by atoms with Crippen LogP contribution in [0.1, 0.15) is 53.4 Å². The zero-order valence-electron chi connectivity index (χ0n) is 13.7. The fourth-order valence-corrected chi connectivity index (χ4v) is 3.71. The monoisotopic (exact) mass is 313 g/mol. The molecule has 1 N–H and O–H groups in total. The number of carboxylic acid groups (broad SMARTS) is 1. The Kier molecular flexibility index (Phi) is 4.41. The van der Waals surface area contributed by atoms with E-state index in [0.29, 0.717) is 32.2 Å². The molecule has 0 aliphatic carbocycles. The van der Waals surface area contributed by atoms with Gasteiger partial charge in [-0.15, -0.1) is 10.3 Å². The first kappa shape index (κ1) is 17.0. The highest BCUT2D eigenvalue weighted by atomic mass is 16.6. The van der Waals surface area contributed by atoms with Gasteiger partial charge in [0.05, 0.1) is 0 Å². The maximum absolute atomic E-state index is 12.3. The predicted molar refractivity (Wildman–Crippen MR) is 77.6 cm³/mol. The lowest BCUT2D eigenvalue weighted by Gasteiger charge is -2.49. The Hall–Kier alpha value is -1.34. The van der Waals surface area contributed by atoms with Crippen LogP contribution in [0.5, 0.6) is 0 Å². The maximum Gasteiger partial charge on any atom is 0.410 e. The molecule has 0 aromatic heterocycles. The summed E-state index contributed by atoms with van der Waals surface area (Å²) in [6.45, 7) is 7.73. The third-order valence-electron chi connectivity index (χ3n) is 4.59. The molecule has 2 aliphatic heterocycles. The zero-order valence-corrected chi connectivity index (χ0v) is 13.7. The number of piperidine rings is 1. The largest absolute Gasteiger partial charge is 0.480 e. The van der Waals surface area contributed by atoms with Crippen LogP contribution in [-0.2, 0) is 14.7 Å². The number of hydrogen-bond acceptors (Lipinski definition) is 4. The number of carbonyl (C=O) groups is 2. The third-order valence-corrected chi connectivity index (χ3v) is 4.59. The zero-order chi connectivity index (χ0) is 16.7. The SMILES string of the molecule is CC1(C)CC(OC(=O)N2CCC[C@H]2C(=O)O)CC(C)(C)N1[O]. The number of amides is 1. The van der Waals surface area contributed by atoms with Crippen LogP contribution in [0.25, 0.3) is 0 Å². The van der Waals surface area contributed by atoms with Crippen LogP contribution in [0.2, 0.25) is 0 Å². The van der Waals surface area contributed by atoms with Gasteiger partial charge in [0.2, 0.25) is 0 Å². The number of aliphatic carboxylic acids is 1. The minimum atomic E-state index is -0.996. The molecule has 0 aromatic carbocycles. The Labute approximate surface area is 130 Å². The molecule has 2 rings (SSSR count). The van der Waals surface area contributed by atoms with Crippen molar-refractivity contribution >= 4 is 12.1 Å². The number of rotatable bonds is 2. The molecule has 2 fully saturated rings. The summed E-state index contributed by atoms with van der Waals surface area (Å²) >= 11 is 0. The molecule has 0 unspecified atom stereocenters. The van der Waals surface area contributed by atoms with Gasteiger partial charge < -0.3 is 9.84 Å². The quantitative estimate of drug-likeness (QED) is 0.842. The molecule has 1 atom stereocenters. The van der Waals surface area contributed by atoms with Crippen molar-refractivity contribution in [2.24, 2.45) is 0 Å². The minimum Gasteiger partial charge on any atom is -0.480 e. The minimum absolute atomic E-state index is 0.377. The first-order chi connectivity index (χ1) is 10.0. The summed E-state index contributed by atoms with van der Waals surface area (Å²) < 4.78 is 5.53. The molecule has 2 saturated heterocycles. The molecule has 1 radical (unpaired) electrons. The van der Waals surface area contributed by atoms with Crippen molar-refractivity contribution in [1.82, 2.24) is 9.96 Å². The molecule has 125 valence electrons. The van der Waals surface area contributed by atoms with Gasteiger partial charge in [0.25, 0.3) is 0 Å². The summed E-state index contributed by atoms with van der Waals surface area (Å²) in [7, 11) is 0. The van der Waals surface area contributed by atoms with Crippen LogP contribution in [0.3, 0.4) is 0 Å². The lowest BCUT2D eigenvalue weighted by atomic mass is 9.80. The molecule has 0 aromatic rings. The standard InChI is InChI=1S/C15H25N2O5/c1-14(2)8-10(9-15(3,4)17(14)21)22-13(20)16-7-5-6-11(16)12(18)19/h10-11H,5-9H2,1-4H3,(H,18,19)/t11-/m0/s1. The Balaban J connectivity index is 2.04. The van der Waals surface area contributed by atoms with Crippen molar-refractivity contribution in [3.63, 3.8) is 0 Å². The first-order valence-corrected chi connectivity index (χ1v) is 7.72. The molecule has 7 nitrogen and oxygen atoms in total. The average molecular weight is 313 g/mol. The smallest absolute Gasteiger partial charge is 0.410 e. The number of hydrogen-bond donors (Lipinski definition) is 1. The number of likely N-dealkylation sites (tertiary alicyclic amines) is 1. The van der Waals surface area contributed by atoms with Gasteiger partial charge in [-0.1, -0.05) is 0 Å². The molecular formula is C15H25N2O5. The molecular weight excluding hydrogens is 288 g/mol. The molecule has 22 heavy (non-hydrogen) atoms. The second-order valence-corrected chi connectivity index (χ2v) is 7.52. The van der Waals surface area contributed by atoms with E-state index in [1.807, 2.05) is 27.7 Å². The van der Waals surface area contributed by atoms with E-state index in [2.05, 4.69) is 0 Å². The van der Waals surface area contributed by atoms with E-state index in [4.69, 9.17) is 9.84 Å². The Bertz CT molecular complexity index is 445. The van der Waals surface area contributed by atoms with E-state index in [9.17, 15) is 14.8 Å². The van der Waals surface area contributed by atoms with Gasteiger partial charge in [0.15, 0.2) is 0 Å². The van der Waals surface area contributed by atoms with Crippen LogP contribution in [0.4, 0.5) is 4.79 Å². The van der Waals surface area contributed by atoms with Crippen molar-refractivity contribution in [2.75, 3.05) is 6.54 Å². The van der Waals surface area contributed by atoms with Crippen LogP contribution in [0.15, 0.2) is 0 Å². The van der Waals surface area contributed by atoms with E-state index in [1.165, 1.54) is 4.90 Å². The predicted octanol–water partition coefficient (Wildman–Crippen LogP) is 2.04. The third kappa shape index (κ3) is 3.20. The van der Waals surface area contributed by atoms with Gasteiger partial charge in [-0.2, -0.15) is 0 Å². The highest BCUT2D eigenvalue weighted by Crippen LogP contribution is 2.38. The van der Waals surface area contributed by atoms with Crippen molar-refractivity contribution in [1.29, 1.82) is 0 Å². The highest BCUT2D eigenvalue weighted by Gasteiger charge is 2.48. The summed E-state index contributed by atoms with van der Waals surface area (Å²) in [5, 5.41) is 22.5. The molecule has 0 bridgehead atoms. The van der Waals surface area contributed by atoms with E-state index >= 15 is 0 Å². The maximum atomic E-state index is 12.3. The number of carbonyl (C=O) groups excluding carboxylic acids is 1.